The Hall–Kier alpha value is -1.88. The van der Waals surface area contributed by atoms with E-state index in [1.807, 2.05) is 0 Å². The van der Waals surface area contributed by atoms with Gasteiger partial charge in [-0.3, -0.25) is 9.59 Å². The van der Waals surface area contributed by atoms with E-state index in [9.17, 15) is 14.0 Å². The van der Waals surface area contributed by atoms with E-state index in [0.29, 0.717) is 18.5 Å². The van der Waals surface area contributed by atoms with E-state index in [1.54, 1.807) is 11.0 Å². The van der Waals surface area contributed by atoms with Crippen LogP contribution in [0.1, 0.15) is 24.8 Å². The van der Waals surface area contributed by atoms with Crippen molar-refractivity contribution in [1.82, 2.24) is 4.90 Å². The van der Waals surface area contributed by atoms with Crippen molar-refractivity contribution in [2.75, 3.05) is 6.54 Å². The lowest BCUT2D eigenvalue weighted by atomic mass is 10.1. The second-order valence-electron chi connectivity index (χ2n) is 4.93. The summed E-state index contributed by atoms with van der Waals surface area (Å²) in [5.74, 6) is -1.66. The number of aliphatic carboxylic acids is 1. The largest absolute Gasteiger partial charge is 0.481 e. The topological polar surface area (TPSA) is 57.6 Å². The van der Waals surface area contributed by atoms with Gasteiger partial charge < -0.3 is 10.0 Å². The zero-order valence-corrected chi connectivity index (χ0v) is 12.0. The third kappa shape index (κ3) is 4.04. The first kappa shape index (κ1) is 15.5. The van der Waals surface area contributed by atoms with E-state index >= 15 is 0 Å². The SMILES string of the molecule is O=C(O)CC1CCCN1C(=O)C=Cc1ccc(F)c(Cl)c1. The molecule has 2 rings (SSSR count). The fraction of sp³-hybridized carbons (Fsp3) is 0.333. The van der Waals surface area contributed by atoms with E-state index in [2.05, 4.69) is 0 Å². The van der Waals surface area contributed by atoms with Crippen molar-refractivity contribution >= 4 is 29.6 Å². The van der Waals surface area contributed by atoms with Crippen LogP contribution in [0, 0.1) is 5.82 Å². The van der Waals surface area contributed by atoms with Crippen molar-refractivity contribution < 1.29 is 19.1 Å². The van der Waals surface area contributed by atoms with Gasteiger partial charge in [-0.2, -0.15) is 0 Å². The molecule has 112 valence electrons. The Morgan fingerprint density at radius 3 is 2.90 bits per heavy atom. The quantitative estimate of drug-likeness (QED) is 0.870. The lowest BCUT2D eigenvalue weighted by Gasteiger charge is -2.21. The Morgan fingerprint density at radius 1 is 1.48 bits per heavy atom. The van der Waals surface area contributed by atoms with Gasteiger partial charge in [0.05, 0.1) is 11.4 Å². The maximum absolute atomic E-state index is 13.0. The predicted molar refractivity (Wildman–Crippen MR) is 77.4 cm³/mol. The van der Waals surface area contributed by atoms with Crippen LogP contribution in [0.15, 0.2) is 24.3 Å². The van der Waals surface area contributed by atoms with Crippen LogP contribution in [0.2, 0.25) is 5.02 Å². The summed E-state index contributed by atoms with van der Waals surface area (Å²) in [6, 6.07) is 3.93. The van der Waals surface area contributed by atoms with Crippen LogP contribution in [0.4, 0.5) is 4.39 Å². The highest BCUT2D eigenvalue weighted by atomic mass is 35.5. The lowest BCUT2D eigenvalue weighted by Crippen LogP contribution is -2.35. The molecule has 1 amide bonds. The summed E-state index contributed by atoms with van der Waals surface area (Å²) < 4.78 is 13.0. The second kappa shape index (κ2) is 6.72. The summed E-state index contributed by atoms with van der Waals surface area (Å²) in [5.41, 5.74) is 0.615. The third-order valence-electron chi connectivity index (χ3n) is 3.43. The minimum absolute atomic E-state index is 0.00507. The number of amides is 1. The second-order valence-corrected chi connectivity index (χ2v) is 5.34. The summed E-state index contributed by atoms with van der Waals surface area (Å²) in [7, 11) is 0. The molecule has 0 aliphatic carbocycles. The molecule has 1 fully saturated rings. The summed E-state index contributed by atoms with van der Waals surface area (Å²) in [6.07, 6.45) is 4.38. The minimum Gasteiger partial charge on any atom is -0.481 e. The van der Waals surface area contributed by atoms with Gasteiger partial charge in [-0.1, -0.05) is 17.7 Å². The van der Waals surface area contributed by atoms with Crippen molar-refractivity contribution in [3.63, 3.8) is 0 Å². The van der Waals surface area contributed by atoms with E-state index in [4.69, 9.17) is 16.7 Å². The fourth-order valence-corrected chi connectivity index (χ4v) is 2.61. The number of carbonyl (C=O) groups excluding carboxylic acids is 1. The van der Waals surface area contributed by atoms with Gasteiger partial charge in [-0.15, -0.1) is 0 Å². The Balaban J connectivity index is 2.04. The van der Waals surface area contributed by atoms with E-state index < -0.39 is 11.8 Å². The number of nitrogens with zero attached hydrogens (tertiary/aromatic N) is 1. The standard InChI is InChI=1S/C15H15ClFNO3/c16-12-8-10(3-5-13(12)17)4-6-14(19)18-7-1-2-11(18)9-15(20)21/h3-6,8,11H,1-2,7,9H2,(H,20,21). The summed E-state index contributed by atoms with van der Waals surface area (Å²) in [6.45, 7) is 0.561. The number of hydrogen-bond donors (Lipinski definition) is 1. The highest BCUT2D eigenvalue weighted by Gasteiger charge is 2.28. The normalized spacial score (nSPS) is 18.4. The van der Waals surface area contributed by atoms with Crippen LogP contribution >= 0.6 is 11.6 Å². The van der Waals surface area contributed by atoms with Gasteiger partial charge in [0.15, 0.2) is 0 Å². The van der Waals surface area contributed by atoms with Crippen LogP contribution in [0.3, 0.4) is 0 Å². The fourth-order valence-electron chi connectivity index (χ4n) is 2.42. The first-order chi connectivity index (χ1) is 9.97. The molecular formula is C15H15ClFNO3. The van der Waals surface area contributed by atoms with Crippen LogP contribution in [0.25, 0.3) is 6.08 Å². The molecular weight excluding hydrogens is 297 g/mol. The first-order valence-electron chi connectivity index (χ1n) is 6.63. The van der Waals surface area contributed by atoms with Gasteiger partial charge in [-0.05, 0) is 36.6 Å². The van der Waals surface area contributed by atoms with Gasteiger partial charge in [0.1, 0.15) is 5.82 Å². The van der Waals surface area contributed by atoms with Crippen molar-refractivity contribution in [2.45, 2.75) is 25.3 Å². The van der Waals surface area contributed by atoms with Crippen molar-refractivity contribution in [3.05, 3.63) is 40.7 Å². The molecule has 0 radical (unpaired) electrons. The molecule has 1 N–H and O–H groups in total. The average molecular weight is 312 g/mol. The van der Waals surface area contributed by atoms with Crippen molar-refractivity contribution in [3.8, 4) is 0 Å². The van der Waals surface area contributed by atoms with Crippen molar-refractivity contribution in [1.29, 1.82) is 0 Å². The Kier molecular flexibility index (Phi) is 4.96. The maximum Gasteiger partial charge on any atom is 0.305 e. The Bertz CT molecular complexity index is 588. The Labute approximate surface area is 126 Å². The maximum atomic E-state index is 13.0. The predicted octanol–water partition coefficient (Wildman–Crippen LogP) is 2.96. The molecule has 1 aromatic carbocycles. The molecule has 0 aromatic heterocycles. The van der Waals surface area contributed by atoms with Crippen LogP contribution in [-0.2, 0) is 9.59 Å². The molecule has 1 aliphatic rings. The molecule has 4 nitrogen and oxygen atoms in total. The van der Waals surface area contributed by atoms with Crippen LogP contribution < -0.4 is 0 Å². The van der Waals surface area contributed by atoms with Crippen LogP contribution in [-0.4, -0.2) is 34.5 Å². The smallest absolute Gasteiger partial charge is 0.305 e. The van der Waals surface area contributed by atoms with Gasteiger partial charge in [0.25, 0.3) is 0 Å². The molecule has 21 heavy (non-hydrogen) atoms. The van der Waals surface area contributed by atoms with E-state index in [-0.39, 0.29) is 23.4 Å². The highest BCUT2D eigenvalue weighted by Crippen LogP contribution is 2.21. The third-order valence-corrected chi connectivity index (χ3v) is 3.72. The number of carboxylic acids is 1. The summed E-state index contributed by atoms with van der Waals surface area (Å²) in [4.78, 5) is 24.4. The van der Waals surface area contributed by atoms with Crippen molar-refractivity contribution in [2.24, 2.45) is 0 Å². The number of hydrogen-bond acceptors (Lipinski definition) is 2. The lowest BCUT2D eigenvalue weighted by molar-refractivity contribution is -0.139. The monoisotopic (exact) mass is 311 g/mol. The number of likely N-dealkylation sites (tertiary alicyclic amines) is 1. The molecule has 1 heterocycles. The molecule has 1 unspecified atom stereocenters. The summed E-state index contributed by atoms with van der Waals surface area (Å²) in [5, 5.41) is 8.83. The molecule has 0 bridgehead atoms. The first-order valence-corrected chi connectivity index (χ1v) is 7.00. The number of halogens is 2. The summed E-state index contributed by atoms with van der Waals surface area (Å²) >= 11 is 5.67. The average Bonchev–Trinajstić information content (AvgIpc) is 2.87. The molecule has 6 heteroatoms. The molecule has 1 aromatic rings. The zero-order valence-electron chi connectivity index (χ0n) is 11.3. The number of carboxylic acid groups (broad SMARTS) is 1. The van der Waals surface area contributed by atoms with Gasteiger partial charge in [0.2, 0.25) is 5.91 Å². The number of rotatable bonds is 4. The zero-order chi connectivity index (χ0) is 15.4. The highest BCUT2D eigenvalue weighted by molar-refractivity contribution is 6.30. The molecule has 1 aliphatic heterocycles. The number of carbonyl (C=O) groups is 2. The van der Waals surface area contributed by atoms with Crippen LogP contribution in [0.5, 0.6) is 0 Å². The molecule has 1 saturated heterocycles. The van der Waals surface area contributed by atoms with E-state index in [1.165, 1.54) is 24.3 Å². The van der Waals surface area contributed by atoms with E-state index in [0.717, 1.165) is 6.42 Å². The van der Waals surface area contributed by atoms with Gasteiger partial charge >= 0.3 is 5.97 Å². The van der Waals surface area contributed by atoms with Gasteiger partial charge in [-0.25, -0.2) is 4.39 Å². The molecule has 0 spiro atoms. The molecule has 0 saturated carbocycles. The van der Waals surface area contributed by atoms with Gasteiger partial charge in [0, 0.05) is 18.7 Å². The number of benzene rings is 1. The molecule has 1 atom stereocenters. The minimum atomic E-state index is -0.908. The Morgan fingerprint density at radius 2 is 2.24 bits per heavy atom.